The first-order chi connectivity index (χ1) is 9.49. The third-order valence-corrected chi connectivity index (χ3v) is 3.61. The molecule has 1 unspecified atom stereocenters. The molecule has 0 saturated heterocycles. The van der Waals surface area contributed by atoms with Gasteiger partial charge in [0, 0.05) is 11.1 Å². The van der Waals surface area contributed by atoms with Crippen LogP contribution in [0.2, 0.25) is 5.02 Å². The quantitative estimate of drug-likeness (QED) is 0.880. The van der Waals surface area contributed by atoms with Crippen molar-refractivity contribution in [2.24, 2.45) is 0 Å². The Hall–Kier alpha value is -1.45. The molecule has 0 heterocycles. The van der Waals surface area contributed by atoms with E-state index in [0.717, 1.165) is 16.7 Å². The van der Waals surface area contributed by atoms with E-state index in [0.29, 0.717) is 11.4 Å². The lowest BCUT2D eigenvalue weighted by atomic mass is 9.97. The van der Waals surface area contributed by atoms with E-state index >= 15 is 0 Å². The zero-order valence-corrected chi connectivity index (χ0v) is 12.1. The van der Waals surface area contributed by atoms with Crippen LogP contribution in [0.15, 0.2) is 36.4 Å². The van der Waals surface area contributed by atoms with Crippen molar-refractivity contribution in [2.45, 2.75) is 19.4 Å². The Morgan fingerprint density at radius 3 is 2.45 bits per heavy atom. The summed E-state index contributed by atoms with van der Waals surface area (Å²) in [5.74, 6) is -0.619. The molecule has 0 fully saturated rings. The second kappa shape index (κ2) is 6.33. The summed E-state index contributed by atoms with van der Waals surface area (Å²) in [7, 11) is 1.81. The van der Waals surface area contributed by atoms with Crippen LogP contribution >= 0.6 is 11.6 Å². The van der Waals surface area contributed by atoms with Crippen molar-refractivity contribution in [1.29, 1.82) is 0 Å². The standard InChI is InChI=1S/C16H16ClF2N/c1-10-5-12(7-14(19)6-10)16(20-2)8-11-3-4-13(18)9-15(11)17/h3-7,9,16,20H,8H2,1-2H3. The minimum atomic E-state index is -0.360. The summed E-state index contributed by atoms with van der Waals surface area (Å²) < 4.78 is 26.5. The molecule has 1 N–H and O–H groups in total. The Bertz CT molecular complexity index is 593. The highest BCUT2D eigenvalue weighted by atomic mass is 35.5. The van der Waals surface area contributed by atoms with Gasteiger partial charge in [-0.1, -0.05) is 23.7 Å². The minimum absolute atomic E-state index is 0.0765. The van der Waals surface area contributed by atoms with E-state index < -0.39 is 0 Å². The molecule has 0 spiro atoms. The molecular weight excluding hydrogens is 280 g/mol. The molecule has 0 aliphatic rings. The van der Waals surface area contributed by atoms with E-state index in [9.17, 15) is 8.78 Å². The van der Waals surface area contributed by atoms with Crippen LogP contribution in [0, 0.1) is 18.6 Å². The van der Waals surface area contributed by atoms with Crippen molar-refractivity contribution >= 4 is 11.6 Å². The van der Waals surface area contributed by atoms with Crippen molar-refractivity contribution in [3.8, 4) is 0 Å². The highest BCUT2D eigenvalue weighted by Gasteiger charge is 2.14. The van der Waals surface area contributed by atoms with Crippen molar-refractivity contribution in [2.75, 3.05) is 7.05 Å². The summed E-state index contributed by atoms with van der Waals surface area (Å²) in [6.07, 6.45) is 0.568. The van der Waals surface area contributed by atoms with Crippen LogP contribution in [-0.2, 0) is 6.42 Å². The molecule has 106 valence electrons. The fourth-order valence-electron chi connectivity index (χ4n) is 2.26. The van der Waals surface area contributed by atoms with E-state index in [1.807, 2.05) is 20.0 Å². The van der Waals surface area contributed by atoms with Crippen LogP contribution in [0.5, 0.6) is 0 Å². The number of halogens is 3. The lowest BCUT2D eigenvalue weighted by molar-refractivity contribution is 0.575. The second-order valence-corrected chi connectivity index (χ2v) is 5.25. The summed E-state index contributed by atoms with van der Waals surface area (Å²) in [6, 6.07) is 9.18. The van der Waals surface area contributed by atoms with E-state index in [-0.39, 0.29) is 17.7 Å². The monoisotopic (exact) mass is 295 g/mol. The molecule has 2 aromatic carbocycles. The first kappa shape index (κ1) is 14.9. The predicted molar refractivity (Wildman–Crippen MR) is 78.1 cm³/mol. The minimum Gasteiger partial charge on any atom is -0.313 e. The molecule has 2 aromatic rings. The number of hydrogen-bond acceptors (Lipinski definition) is 1. The number of hydrogen-bond donors (Lipinski definition) is 1. The van der Waals surface area contributed by atoms with Crippen LogP contribution in [0.4, 0.5) is 8.78 Å². The fraction of sp³-hybridized carbons (Fsp3) is 0.250. The van der Waals surface area contributed by atoms with E-state index in [2.05, 4.69) is 5.32 Å². The zero-order valence-electron chi connectivity index (χ0n) is 11.4. The third kappa shape index (κ3) is 3.56. The van der Waals surface area contributed by atoms with Crippen LogP contribution in [0.25, 0.3) is 0 Å². The molecule has 0 saturated carbocycles. The Labute approximate surface area is 122 Å². The maximum Gasteiger partial charge on any atom is 0.124 e. The molecule has 0 amide bonds. The summed E-state index contributed by atoms with van der Waals surface area (Å²) >= 11 is 6.04. The molecule has 0 aliphatic carbocycles. The third-order valence-electron chi connectivity index (χ3n) is 3.25. The van der Waals surface area contributed by atoms with Crippen molar-refractivity contribution < 1.29 is 8.78 Å². The lowest BCUT2D eigenvalue weighted by Gasteiger charge is -2.18. The average molecular weight is 296 g/mol. The molecule has 0 radical (unpaired) electrons. The van der Waals surface area contributed by atoms with Gasteiger partial charge in [0.15, 0.2) is 0 Å². The zero-order chi connectivity index (χ0) is 14.7. The molecule has 2 rings (SSSR count). The Morgan fingerprint density at radius 2 is 1.85 bits per heavy atom. The van der Waals surface area contributed by atoms with Crippen LogP contribution in [0.1, 0.15) is 22.7 Å². The van der Waals surface area contributed by atoms with E-state index in [4.69, 9.17) is 11.6 Å². The summed E-state index contributed by atoms with van der Waals surface area (Å²) in [4.78, 5) is 0. The van der Waals surface area contributed by atoms with Crippen molar-refractivity contribution in [3.63, 3.8) is 0 Å². The summed E-state index contributed by atoms with van der Waals surface area (Å²) in [5, 5.41) is 3.53. The van der Waals surface area contributed by atoms with Gasteiger partial charge in [-0.3, -0.25) is 0 Å². The maximum atomic E-state index is 13.5. The Kier molecular flexibility index (Phi) is 4.73. The average Bonchev–Trinajstić information content (AvgIpc) is 2.36. The highest BCUT2D eigenvalue weighted by molar-refractivity contribution is 6.31. The van der Waals surface area contributed by atoms with Gasteiger partial charge >= 0.3 is 0 Å². The van der Waals surface area contributed by atoms with Gasteiger partial charge in [0.1, 0.15) is 11.6 Å². The normalized spacial score (nSPS) is 12.4. The first-order valence-electron chi connectivity index (χ1n) is 6.38. The van der Waals surface area contributed by atoms with Crippen LogP contribution < -0.4 is 5.32 Å². The van der Waals surface area contributed by atoms with Gasteiger partial charge in [0.25, 0.3) is 0 Å². The van der Waals surface area contributed by atoms with E-state index in [1.54, 1.807) is 6.07 Å². The van der Waals surface area contributed by atoms with Gasteiger partial charge in [-0.2, -0.15) is 0 Å². The molecule has 1 atom stereocenters. The molecule has 0 aliphatic heterocycles. The molecule has 20 heavy (non-hydrogen) atoms. The topological polar surface area (TPSA) is 12.0 Å². The van der Waals surface area contributed by atoms with Gasteiger partial charge in [-0.25, -0.2) is 8.78 Å². The second-order valence-electron chi connectivity index (χ2n) is 4.84. The molecule has 0 bridgehead atoms. The Balaban J connectivity index is 2.28. The molecular formula is C16H16ClF2N. The van der Waals surface area contributed by atoms with Crippen LogP contribution in [-0.4, -0.2) is 7.05 Å². The summed E-state index contributed by atoms with van der Waals surface area (Å²) in [5.41, 5.74) is 2.55. The highest BCUT2D eigenvalue weighted by Crippen LogP contribution is 2.25. The lowest BCUT2D eigenvalue weighted by Crippen LogP contribution is -2.19. The number of likely N-dealkylation sites (N-methyl/N-ethyl adjacent to an activating group) is 1. The van der Waals surface area contributed by atoms with Gasteiger partial charge in [-0.15, -0.1) is 0 Å². The largest absolute Gasteiger partial charge is 0.313 e. The van der Waals surface area contributed by atoms with Crippen molar-refractivity contribution in [3.05, 3.63) is 69.7 Å². The number of aryl methyl sites for hydroxylation is 1. The van der Waals surface area contributed by atoms with E-state index in [1.165, 1.54) is 24.3 Å². The Morgan fingerprint density at radius 1 is 1.10 bits per heavy atom. The number of rotatable bonds is 4. The molecule has 0 aromatic heterocycles. The molecule has 4 heteroatoms. The molecule has 1 nitrogen and oxygen atoms in total. The van der Waals surface area contributed by atoms with Crippen LogP contribution in [0.3, 0.4) is 0 Å². The van der Waals surface area contributed by atoms with Gasteiger partial charge in [-0.05, 0) is 61.3 Å². The summed E-state index contributed by atoms with van der Waals surface area (Å²) in [6.45, 7) is 1.85. The SMILES string of the molecule is CNC(Cc1ccc(F)cc1Cl)c1cc(C)cc(F)c1. The van der Waals surface area contributed by atoms with Gasteiger partial charge in [0.2, 0.25) is 0 Å². The predicted octanol–water partition coefficient (Wildman–Crippen LogP) is 4.43. The number of benzene rings is 2. The number of nitrogens with one attached hydrogen (secondary N) is 1. The van der Waals surface area contributed by atoms with Gasteiger partial charge < -0.3 is 5.32 Å². The fourth-order valence-corrected chi connectivity index (χ4v) is 2.50. The van der Waals surface area contributed by atoms with Gasteiger partial charge in [0.05, 0.1) is 0 Å². The van der Waals surface area contributed by atoms with Crippen molar-refractivity contribution in [1.82, 2.24) is 5.32 Å². The first-order valence-corrected chi connectivity index (χ1v) is 6.75. The smallest absolute Gasteiger partial charge is 0.124 e. The maximum absolute atomic E-state index is 13.5.